The number of likely N-dealkylation sites (tertiary alicyclic amines) is 1. The van der Waals surface area contributed by atoms with Crippen molar-refractivity contribution >= 4 is 17.4 Å². The lowest BCUT2D eigenvalue weighted by Crippen LogP contribution is -2.30. The molecule has 1 amide bonds. The molecular weight excluding hydrogens is 418 g/mol. The van der Waals surface area contributed by atoms with Gasteiger partial charge >= 0.3 is 0 Å². The number of aryl methyl sites for hydroxylation is 1. The van der Waals surface area contributed by atoms with Crippen molar-refractivity contribution in [1.82, 2.24) is 4.90 Å². The molecule has 1 aliphatic rings. The first kappa shape index (κ1) is 24.4. The minimum absolute atomic E-state index is 0.0969. The van der Waals surface area contributed by atoms with Crippen LogP contribution < -0.4 is 9.47 Å². The summed E-state index contributed by atoms with van der Waals surface area (Å²) < 4.78 is 11.2. The Morgan fingerprint density at radius 1 is 1.15 bits per heavy atom. The number of hydrogen-bond donors (Lipinski definition) is 1. The van der Waals surface area contributed by atoms with E-state index < -0.39 is 17.7 Å². The van der Waals surface area contributed by atoms with Crippen LogP contribution in [0.4, 0.5) is 0 Å². The number of carbonyl (C=O) groups excluding carboxylic acids is 2. The van der Waals surface area contributed by atoms with Crippen molar-refractivity contribution in [3.63, 3.8) is 0 Å². The molecule has 0 spiro atoms. The summed E-state index contributed by atoms with van der Waals surface area (Å²) in [6, 6.07) is 11.9. The van der Waals surface area contributed by atoms with E-state index in [1.165, 1.54) is 0 Å². The first-order chi connectivity index (χ1) is 15.8. The average molecular weight is 452 g/mol. The Kier molecular flexibility index (Phi) is 7.79. The zero-order chi connectivity index (χ0) is 24.1. The standard InChI is InChI=1S/C27H33NO5/c1-6-7-13-28-24(19-9-8-10-21(15-19)32-5)23(26(30)27(28)31)25(29)20-11-12-22(18(4)14-20)33-16-17(2)3/h8-12,14-15,17,24,29H,6-7,13,16H2,1-5H3/b25-23-. The third kappa shape index (κ3) is 5.21. The summed E-state index contributed by atoms with van der Waals surface area (Å²) in [6.07, 6.45) is 1.64. The highest BCUT2D eigenvalue weighted by Crippen LogP contribution is 2.40. The molecular formula is C27H33NO5. The Balaban J connectivity index is 2.09. The second kappa shape index (κ2) is 10.6. The maximum absolute atomic E-state index is 13.1. The molecule has 0 aliphatic carbocycles. The predicted octanol–water partition coefficient (Wildman–Crippen LogP) is 5.26. The number of benzene rings is 2. The number of unbranched alkanes of at least 4 members (excludes halogenated alkanes) is 1. The van der Waals surface area contributed by atoms with Gasteiger partial charge in [-0.15, -0.1) is 0 Å². The molecule has 2 aromatic carbocycles. The van der Waals surface area contributed by atoms with Crippen molar-refractivity contribution in [2.24, 2.45) is 5.92 Å². The molecule has 6 heteroatoms. The van der Waals surface area contributed by atoms with Crippen LogP contribution in [-0.2, 0) is 9.59 Å². The zero-order valence-electron chi connectivity index (χ0n) is 20.1. The normalized spacial score (nSPS) is 17.6. The number of carbonyl (C=O) groups is 2. The van der Waals surface area contributed by atoms with E-state index in [0.29, 0.717) is 30.4 Å². The number of rotatable bonds is 9. The van der Waals surface area contributed by atoms with E-state index in [1.54, 1.807) is 42.3 Å². The molecule has 1 N–H and O–H groups in total. The van der Waals surface area contributed by atoms with Gasteiger partial charge in [-0.25, -0.2) is 0 Å². The third-order valence-corrected chi connectivity index (χ3v) is 5.72. The fourth-order valence-electron chi connectivity index (χ4n) is 3.97. The Bertz CT molecular complexity index is 1060. The van der Waals surface area contributed by atoms with Crippen molar-refractivity contribution in [2.75, 3.05) is 20.3 Å². The molecule has 33 heavy (non-hydrogen) atoms. The molecule has 2 aromatic rings. The maximum atomic E-state index is 13.1. The predicted molar refractivity (Wildman–Crippen MR) is 128 cm³/mol. The Labute approximate surface area is 195 Å². The van der Waals surface area contributed by atoms with E-state index in [2.05, 4.69) is 13.8 Å². The number of aliphatic hydroxyl groups excluding tert-OH is 1. The number of aliphatic hydroxyl groups is 1. The van der Waals surface area contributed by atoms with Gasteiger partial charge < -0.3 is 19.5 Å². The monoisotopic (exact) mass is 451 g/mol. The van der Waals surface area contributed by atoms with Crippen LogP contribution in [0, 0.1) is 12.8 Å². The summed E-state index contributed by atoms with van der Waals surface area (Å²) in [5, 5.41) is 11.3. The smallest absolute Gasteiger partial charge is 0.295 e. The highest BCUT2D eigenvalue weighted by molar-refractivity contribution is 6.46. The van der Waals surface area contributed by atoms with E-state index in [9.17, 15) is 14.7 Å². The van der Waals surface area contributed by atoms with Crippen LogP contribution in [0.5, 0.6) is 11.5 Å². The highest BCUT2D eigenvalue weighted by atomic mass is 16.5. The largest absolute Gasteiger partial charge is 0.507 e. The van der Waals surface area contributed by atoms with Gasteiger partial charge in [0.1, 0.15) is 17.3 Å². The van der Waals surface area contributed by atoms with Crippen LogP contribution in [0.1, 0.15) is 56.3 Å². The van der Waals surface area contributed by atoms with Crippen molar-refractivity contribution in [3.8, 4) is 11.5 Å². The molecule has 3 rings (SSSR count). The number of hydrogen-bond acceptors (Lipinski definition) is 5. The number of methoxy groups -OCH3 is 1. The number of nitrogens with zero attached hydrogens (tertiary/aromatic N) is 1. The minimum atomic E-state index is -0.677. The first-order valence-electron chi connectivity index (χ1n) is 11.4. The molecule has 1 unspecified atom stereocenters. The first-order valence-corrected chi connectivity index (χ1v) is 11.4. The molecule has 0 saturated carbocycles. The molecule has 6 nitrogen and oxygen atoms in total. The van der Waals surface area contributed by atoms with Gasteiger partial charge in [-0.1, -0.05) is 39.3 Å². The Morgan fingerprint density at radius 3 is 2.55 bits per heavy atom. The van der Waals surface area contributed by atoms with E-state index in [-0.39, 0.29) is 11.3 Å². The quantitative estimate of drug-likeness (QED) is 0.320. The van der Waals surface area contributed by atoms with Gasteiger partial charge in [0, 0.05) is 12.1 Å². The van der Waals surface area contributed by atoms with Crippen LogP contribution in [-0.4, -0.2) is 42.0 Å². The Morgan fingerprint density at radius 2 is 1.91 bits per heavy atom. The number of ketones is 1. The highest BCUT2D eigenvalue weighted by Gasteiger charge is 2.45. The average Bonchev–Trinajstić information content (AvgIpc) is 3.06. The molecule has 0 bridgehead atoms. The molecule has 1 aliphatic heterocycles. The number of Topliss-reactive ketones (excluding diaryl/α,β-unsaturated/α-hetero) is 1. The van der Waals surface area contributed by atoms with Crippen LogP contribution in [0.3, 0.4) is 0 Å². The zero-order valence-corrected chi connectivity index (χ0v) is 20.1. The van der Waals surface area contributed by atoms with Gasteiger partial charge in [-0.05, 0) is 60.7 Å². The lowest BCUT2D eigenvalue weighted by Gasteiger charge is -2.25. The van der Waals surface area contributed by atoms with Crippen molar-refractivity contribution in [3.05, 3.63) is 64.7 Å². The molecule has 1 heterocycles. The van der Waals surface area contributed by atoms with E-state index in [0.717, 1.165) is 29.7 Å². The summed E-state index contributed by atoms with van der Waals surface area (Å²) in [7, 11) is 1.57. The minimum Gasteiger partial charge on any atom is -0.507 e. The third-order valence-electron chi connectivity index (χ3n) is 5.72. The topological polar surface area (TPSA) is 76.1 Å². The van der Waals surface area contributed by atoms with Crippen molar-refractivity contribution in [2.45, 2.75) is 46.6 Å². The van der Waals surface area contributed by atoms with Gasteiger partial charge in [0.15, 0.2) is 0 Å². The van der Waals surface area contributed by atoms with Gasteiger partial charge in [-0.2, -0.15) is 0 Å². The molecule has 176 valence electrons. The number of ether oxygens (including phenoxy) is 2. The second-order valence-corrected chi connectivity index (χ2v) is 8.81. The summed E-state index contributed by atoms with van der Waals surface area (Å²) in [4.78, 5) is 27.6. The lowest BCUT2D eigenvalue weighted by molar-refractivity contribution is -0.139. The fourth-order valence-corrected chi connectivity index (χ4v) is 3.97. The van der Waals surface area contributed by atoms with E-state index in [1.807, 2.05) is 26.0 Å². The molecule has 1 atom stereocenters. The molecule has 1 saturated heterocycles. The lowest BCUT2D eigenvalue weighted by atomic mass is 9.94. The van der Waals surface area contributed by atoms with Gasteiger partial charge in [-0.3, -0.25) is 9.59 Å². The fraction of sp³-hybridized carbons (Fsp3) is 0.407. The van der Waals surface area contributed by atoms with Crippen molar-refractivity contribution < 1.29 is 24.2 Å². The SMILES string of the molecule is CCCCN1C(=O)C(=O)/C(=C(\O)c2ccc(OCC(C)C)c(C)c2)C1c1cccc(OC)c1. The Hall–Kier alpha value is -3.28. The van der Waals surface area contributed by atoms with Crippen LogP contribution in [0.2, 0.25) is 0 Å². The summed E-state index contributed by atoms with van der Waals surface area (Å²) in [6.45, 7) is 9.09. The van der Waals surface area contributed by atoms with Crippen LogP contribution in [0.25, 0.3) is 5.76 Å². The van der Waals surface area contributed by atoms with Gasteiger partial charge in [0.2, 0.25) is 0 Å². The molecule has 1 fully saturated rings. The number of amides is 1. The summed E-state index contributed by atoms with van der Waals surface area (Å²) >= 11 is 0. The molecule has 0 radical (unpaired) electrons. The summed E-state index contributed by atoms with van der Waals surface area (Å²) in [5.74, 6) is 0.294. The van der Waals surface area contributed by atoms with Crippen LogP contribution in [0.15, 0.2) is 48.0 Å². The molecule has 0 aromatic heterocycles. The van der Waals surface area contributed by atoms with Gasteiger partial charge in [0.25, 0.3) is 11.7 Å². The summed E-state index contributed by atoms with van der Waals surface area (Å²) in [5.41, 5.74) is 2.14. The maximum Gasteiger partial charge on any atom is 0.295 e. The van der Waals surface area contributed by atoms with Crippen LogP contribution >= 0.6 is 0 Å². The van der Waals surface area contributed by atoms with E-state index >= 15 is 0 Å². The van der Waals surface area contributed by atoms with Gasteiger partial charge in [0.05, 0.1) is 25.3 Å². The van der Waals surface area contributed by atoms with Crippen molar-refractivity contribution in [1.29, 1.82) is 0 Å². The van der Waals surface area contributed by atoms with E-state index in [4.69, 9.17) is 9.47 Å². The second-order valence-electron chi connectivity index (χ2n) is 8.81.